The number of aromatic hydroxyl groups is 1. The molecule has 2 aromatic carbocycles. The minimum atomic E-state index is -0.730. The van der Waals surface area contributed by atoms with E-state index in [0.29, 0.717) is 18.0 Å². The van der Waals surface area contributed by atoms with Gasteiger partial charge in [-0.2, -0.15) is 0 Å². The second kappa shape index (κ2) is 6.68. The molecule has 0 spiro atoms. The van der Waals surface area contributed by atoms with Crippen LogP contribution in [-0.2, 0) is 17.3 Å². The molecule has 4 heteroatoms. The lowest BCUT2D eigenvalue weighted by Gasteiger charge is -2.10. The van der Waals surface area contributed by atoms with E-state index in [9.17, 15) is 9.32 Å². The maximum Gasteiger partial charge on any atom is 0.120 e. The van der Waals surface area contributed by atoms with Gasteiger partial charge in [-0.1, -0.05) is 30.3 Å². The van der Waals surface area contributed by atoms with Gasteiger partial charge in [-0.05, 0) is 29.8 Å². The lowest BCUT2D eigenvalue weighted by atomic mass is 10.0. The highest BCUT2D eigenvalue weighted by atomic mass is 32.2. The van der Waals surface area contributed by atoms with Crippen LogP contribution < -0.4 is 5.32 Å². The second-order valence-electron chi connectivity index (χ2n) is 4.59. The minimum absolute atomic E-state index is 0.324. The summed E-state index contributed by atoms with van der Waals surface area (Å²) >= 11 is 0. The van der Waals surface area contributed by atoms with Crippen LogP contribution in [0.1, 0.15) is 12.0 Å². The number of phenolic OH excluding ortho intramolecular Hbond substituents is 1. The molecule has 0 fully saturated rings. The van der Waals surface area contributed by atoms with Gasteiger partial charge in [0, 0.05) is 34.9 Å². The summed E-state index contributed by atoms with van der Waals surface area (Å²) in [5.41, 5.74) is 0.927. The van der Waals surface area contributed by atoms with Gasteiger partial charge in [0.15, 0.2) is 0 Å². The van der Waals surface area contributed by atoms with E-state index in [1.807, 2.05) is 30.3 Å². The van der Waals surface area contributed by atoms with Crippen LogP contribution in [0.3, 0.4) is 0 Å². The number of benzene rings is 2. The third kappa shape index (κ3) is 3.78. The predicted octanol–water partition coefficient (Wildman–Crippen LogP) is 2.40. The molecule has 2 N–H and O–H groups in total. The molecular weight excluding hydrogens is 258 g/mol. The van der Waals surface area contributed by atoms with Crippen LogP contribution in [0.15, 0.2) is 36.4 Å². The standard InChI is InChI=1S/C15H19NO2S/c1-19(18)10-4-9-16-11-14-13-6-3-2-5-12(13)7-8-15(14)17/h2-3,5-8,16-17H,4,9-11H2,1H3. The van der Waals surface area contributed by atoms with E-state index in [1.54, 1.807) is 12.3 Å². The number of phenols is 1. The fraction of sp³-hybridized carbons (Fsp3) is 0.333. The van der Waals surface area contributed by atoms with Gasteiger partial charge in [0.25, 0.3) is 0 Å². The number of fused-ring (bicyclic) bond motifs is 1. The SMILES string of the molecule is CS(=O)CCCNCc1c(O)ccc2ccccc12. The molecule has 19 heavy (non-hydrogen) atoms. The van der Waals surface area contributed by atoms with Crippen molar-refractivity contribution >= 4 is 21.6 Å². The van der Waals surface area contributed by atoms with Crippen LogP contribution in [0.25, 0.3) is 10.8 Å². The van der Waals surface area contributed by atoms with Gasteiger partial charge >= 0.3 is 0 Å². The van der Waals surface area contributed by atoms with Crippen molar-refractivity contribution in [2.24, 2.45) is 0 Å². The van der Waals surface area contributed by atoms with Crippen LogP contribution in [0.5, 0.6) is 5.75 Å². The molecule has 0 aromatic heterocycles. The molecule has 0 amide bonds. The molecule has 1 unspecified atom stereocenters. The van der Waals surface area contributed by atoms with Crippen molar-refractivity contribution in [2.75, 3.05) is 18.6 Å². The summed E-state index contributed by atoms with van der Waals surface area (Å²) in [6, 6.07) is 11.7. The van der Waals surface area contributed by atoms with E-state index in [0.717, 1.165) is 29.3 Å². The van der Waals surface area contributed by atoms with Gasteiger partial charge in [-0.15, -0.1) is 0 Å². The molecule has 0 radical (unpaired) electrons. The average Bonchev–Trinajstić information content (AvgIpc) is 2.40. The Hall–Kier alpha value is -1.39. The molecule has 0 aliphatic carbocycles. The quantitative estimate of drug-likeness (QED) is 0.797. The summed E-state index contributed by atoms with van der Waals surface area (Å²) in [7, 11) is -0.730. The third-order valence-corrected chi connectivity index (χ3v) is 3.97. The molecule has 0 saturated carbocycles. The fourth-order valence-corrected chi connectivity index (χ4v) is 2.67. The van der Waals surface area contributed by atoms with E-state index in [2.05, 4.69) is 5.32 Å². The normalized spacial score (nSPS) is 12.7. The Kier molecular flexibility index (Phi) is 4.93. The third-order valence-electron chi connectivity index (χ3n) is 3.10. The summed E-state index contributed by atoms with van der Waals surface area (Å²) in [5, 5.41) is 15.5. The van der Waals surface area contributed by atoms with Crippen molar-refractivity contribution in [3.05, 3.63) is 42.0 Å². The van der Waals surface area contributed by atoms with Crippen LogP contribution >= 0.6 is 0 Å². The fourth-order valence-electron chi connectivity index (χ4n) is 2.12. The first-order valence-electron chi connectivity index (χ1n) is 6.39. The first-order chi connectivity index (χ1) is 9.18. The highest BCUT2D eigenvalue weighted by Crippen LogP contribution is 2.26. The maximum atomic E-state index is 10.9. The molecule has 2 aromatic rings. The van der Waals surface area contributed by atoms with Crippen LogP contribution in [0.4, 0.5) is 0 Å². The van der Waals surface area contributed by atoms with E-state index in [1.165, 1.54) is 0 Å². The summed E-state index contributed by atoms with van der Waals surface area (Å²) < 4.78 is 10.9. The zero-order valence-electron chi connectivity index (χ0n) is 11.1. The number of hydrogen-bond donors (Lipinski definition) is 2. The van der Waals surface area contributed by atoms with E-state index in [4.69, 9.17) is 0 Å². The summed E-state index contributed by atoms with van der Waals surface area (Å²) in [6.45, 7) is 1.44. The van der Waals surface area contributed by atoms with Crippen molar-refractivity contribution in [3.8, 4) is 5.75 Å². The van der Waals surface area contributed by atoms with Crippen molar-refractivity contribution in [3.63, 3.8) is 0 Å². The van der Waals surface area contributed by atoms with Crippen LogP contribution in [0, 0.1) is 0 Å². The Bertz CT molecular complexity index is 583. The number of nitrogens with one attached hydrogen (secondary N) is 1. The largest absolute Gasteiger partial charge is 0.508 e. The van der Waals surface area contributed by atoms with Crippen molar-refractivity contribution in [1.82, 2.24) is 5.32 Å². The molecule has 102 valence electrons. The van der Waals surface area contributed by atoms with Gasteiger partial charge in [0.2, 0.25) is 0 Å². The lowest BCUT2D eigenvalue weighted by Crippen LogP contribution is -2.16. The van der Waals surface area contributed by atoms with Gasteiger partial charge in [-0.3, -0.25) is 4.21 Å². The summed E-state index contributed by atoms with van der Waals surface area (Å²) in [6.07, 6.45) is 2.60. The Morgan fingerprint density at radius 3 is 2.79 bits per heavy atom. The van der Waals surface area contributed by atoms with E-state index >= 15 is 0 Å². The smallest absolute Gasteiger partial charge is 0.120 e. The Labute approximate surface area is 116 Å². The minimum Gasteiger partial charge on any atom is -0.508 e. The summed E-state index contributed by atoms with van der Waals surface area (Å²) in [4.78, 5) is 0. The molecular formula is C15H19NO2S. The maximum absolute atomic E-state index is 10.9. The van der Waals surface area contributed by atoms with Crippen molar-refractivity contribution in [2.45, 2.75) is 13.0 Å². The van der Waals surface area contributed by atoms with Gasteiger partial charge < -0.3 is 10.4 Å². The molecule has 0 aliphatic heterocycles. The van der Waals surface area contributed by atoms with Gasteiger partial charge in [0.05, 0.1) is 0 Å². The number of hydrogen-bond acceptors (Lipinski definition) is 3. The topological polar surface area (TPSA) is 49.3 Å². The molecule has 0 saturated heterocycles. The van der Waals surface area contributed by atoms with Gasteiger partial charge in [-0.25, -0.2) is 0 Å². The molecule has 1 atom stereocenters. The zero-order chi connectivity index (χ0) is 13.7. The molecule has 0 bridgehead atoms. The molecule has 0 heterocycles. The first-order valence-corrected chi connectivity index (χ1v) is 8.11. The van der Waals surface area contributed by atoms with E-state index < -0.39 is 10.8 Å². The van der Waals surface area contributed by atoms with Crippen molar-refractivity contribution < 1.29 is 9.32 Å². The number of rotatable bonds is 6. The zero-order valence-corrected chi connectivity index (χ0v) is 11.9. The van der Waals surface area contributed by atoms with E-state index in [-0.39, 0.29) is 0 Å². The highest BCUT2D eigenvalue weighted by molar-refractivity contribution is 7.84. The second-order valence-corrected chi connectivity index (χ2v) is 6.15. The highest BCUT2D eigenvalue weighted by Gasteiger charge is 2.05. The lowest BCUT2D eigenvalue weighted by molar-refractivity contribution is 0.466. The Balaban J connectivity index is 2.03. The van der Waals surface area contributed by atoms with Crippen LogP contribution in [-0.4, -0.2) is 27.9 Å². The Morgan fingerprint density at radius 1 is 1.21 bits per heavy atom. The molecule has 0 aliphatic rings. The Morgan fingerprint density at radius 2 is 2.00 bits per heavy atom. The predicted molar refractivity (Wildman–Crippen MR) is 80.9 cm³/mol. The van der Waals surface area contributed by atoms with Crippen LogP contribution in [0.2, 0.25) is 0 Å². The monoisotopic (exact) mass is 277 g/mol. The first kappa shape index (κ1) is 14.0. The molecule has 2 rings (SSSR count). The molecule has 3 nitrogen and oxygen atoms in total. The van der Waals surface area contributed by atoms with Crippen molar-refractivity contribution in [1.29, 1.82) is 0 Å². The summed E-state index contributed by atoms with van der Waals surface area (Å²) in [5.74, 6) is 1.04. The van der Waals surface area contributed by atoms with Gasteiger partial charge in [0.1, 0.15) is 5.75 Å². The average molecular weight is 277 g/mol.